The van der Waals surface area contributed by atoms with Gasteiger partial charge in [0.15, 0.2) is 0 Å². The van der Waals surface area contributed by atoms with E-state index in [9.17, 15) is 8.42 Å². The summed E-state index contributed by atoms with van der Waals surface area (Å²) >= 11 is 0. The second-order valence-corrected chi connectivity index (χ2v) is 6.91. The highest BCUT2D eigenvalue weighted by molar-refractivity contribution is 7.90. The van der Waals surface area contributed by atoms with Crippen LogP contribution < -0.4 is 5.32 Å². The Morgan fingerprint density at radius 3 is 2.67 bits per heavy atom. The van der Waals surface area contributed by atoms with Crippen LogP contribution in [0.4, 0.5) is 0 Å². The van der Waals surface area contributed by atoms with E-state index in [2.05, 4.69) is 17.1 Å². The largest absolute Gasteiger partial charge is 0.315 e. The molecule has 2 unspecified atom stereocenters. The molecule has 0 aromatic heterocycles. The van der Waals surface area contributed by atoms with Gasteiger partial charge in [0.2, 0.25) is 0 Å². The van der Waals surface area contributed by atoms with Crippen LogP contribution in [-0.2, 0) is 9.84 Å². The molecule has 90 valence electrons. The van der Waals surface area contributed by atoms with Gasteiger partial charge in [-0.25, -0.2) is 8.42 Å². The summed E-state index contributed by atoms with van der Waals surface area (Å²) in [5.41, 5.74) is 0. The standard InChI is InChI=1S/C10H22N2O2S/c1-9-4-5-11-8-10(9)12(2)6-7-15(3,13)14/h9-11H,4-8H2,1-3H3. The Morgan fingerprint density at radius 1 is 1.47 bits per heavy atom. The molecule has 0 saturated carbocycles. The Morgan fingerprint density at radius 2 is 2.13 bits per heavy atom. The molecule has 0 bridgehead atoms. The number of hydrogen-bond donors (Lipinski definition) is 1. The smallest absolute Gasteiger partial charge is 0.148 e. The van der Waals surface area contributed by atoms with Gasteiger partial charge in [0.05, 0.1) is 5.75 Å². The van der Waals surface area contributed by atoms with Gasteiger partial charge in [0, 0.05) is 25.4 Å². The van der Waals surface area contributed by atoms with E-state index in [0.717, 1.165) is 13.1 Å². The van der Waals surface area contributed by atoms with Crippen LogP contribution in [0.2, 0.25) is 0 Å². The molecular formula is C10H22N2O2S. The van der Waals surface area contributed by atoms with Crippen molar-refractivity contribution in [3.8, 4) is 0 Å². The minimum Gasteiger partial charge on any atom is -0.315 e. The first kappa shape index (κ1) is 12.9. The molecule has 1 fully saturated rings. The molecule has 1 aliphatic heterocycles. The quantitative estimate of drug-likeness (QED) is 0.741. The lowest BCUT2D eigenvalue weighted by Crippen LogP contribution is -2.49. The third-order valence-electron chi connectivity index (χ3n) is 3.17. The zero-order chi connectivity index (χ0) is 11.5. The van der Waals surface area contributed by atoms with Crippen molar-refractivity contribution in [1.29, 1.82) is 0 Å². The predicted molar refractivity (Wildman–Crippen MR) is 62.8 cm³/mol. The summed E-state index contributed by atoms with van der Waals surface area (Å²) < 4.78 is 22.1. The lowest BCUT2D eigenvalue weighted by molar-refractivity contribution is 0.159. The summed E-state index contributed by atoms with van der Waals surface area (Å²) in [5.74, 6) is 0.906. The van der Waals surface area contributed by atoms with Gasteiger partial charge in [0.1, 0.15) is 9.84 Å². The van der Waals surface area contributed by atoms with Gasteiger partial charge >= 0.3 is 0 Å². The highest BCUT2D eigenvalue weighted by Crippen LogP contribution is 2.16. The van der Waals surface area contributed by atoms with Crippen molar-refractivity contribution < 1.29 is 8.42 Å². The second-order valence-electron chi connectivity index (χ2n) is 4.65. The van der Waals surface area contributed by atoms with Crippen LogP contribution in [0, 0.1) is 5.92 Å². The highest BCUT2D eigenvalue weighted by atomic mass is 32.2. The molecular weight excluding hydrogens is 212 g/mol. The van der Waals surface area contributed by atoms with Crippen molar-refractivity contribution in [1.82, 2.24) is 10.2 Å². The first-order chi connectivity index (χ1) is 6.90. The van der Waals surface area contributed by atoms with E-state index in [-0.39, 0.29) is 5.75 Å². The lowest BCUT2D eigenvalue weighted by atomic mass is 9.94. The fraction of sp³-hybridized carbons (Fsp3) is 1.00. The van der Waals surface area contributed by atoms with Gasteiger partial charge in [-0.2, -0.15) is 0 Å². The molecule has 0 aliphatic carbocycles. The molecule has 0 amide bonds. The van der Waals surface area contributed by atoms with Gasteiger partial charge in [-0.1, -0.05) is 6.92 Å². The molecule has 0 aromatic rings. The SMILES string of the molecule is CC1CCNCC1N(C)CCS(C)(=O)=O. The molecule has 1 heterocycles. The molecule has 0 aromatic carbocycles. The van der Waals surface area contributed by atoms with Crippen LogP contribution in [0.25, 0.3) is 0 Å². The normalized spacial score (nSPS) is 28.3. The molecule has 1 aliphatic rings. The maximum Gasteiger partial charge on any atom is 0.148 e. The van der Waals surface area contributed by atoms with Gasteiger partial charge in [-0.05, 0) is 25.9 Å². The molecule has 1 N–H and O–H groups in total. The van der Waals surface area contributed by atoms with Gasteiger partial charge in [0.25, 0.3) is 0 Å². The van der Waals surface area contributed by atoms with Crippen LogP contribution in [0.3, 0.4) is 0 Å². The summed E-state index contributed by atoms with van der Waals surface area (Å²) in [7, 11) is -0.824. The summed E-state index contributed by atoms with van der Waals surface area (Å²) in [6.07, 6.45) is 2.47. The number of nitrogens with zero attached hydrogens (tertiary/aromatic N) is 1. The second kappa shape index (κ2) is 5.27. The van der Waals surface area contributed by atoms with Crippen molar-refractivity contribution in [2.24, 2.45) is 5.92 Å². The number of rotatable bonds is 4. The van der Waals surface area contributed by atoms with Crippen LogP contribution >= 0.6 is 0 Å². The van der Waals surface area contributed by atoms with E-state index in [4.69, 9.17) is 0 Å². The van der Waals surface area contributed by atoms with Crippen LogP contribution in [-0.4, -0.2) is 58.1 Å². The fourth-order valence-electron chi connectivity index (χ4n) is 2.04. The molecule has 1 rings (SSSR count). The summed E-state index contributed by atoms with van der Waals surface area (Å²) in [5, 5.41) is 3.35. The summed E-state index contributed by atoms with van der Waals surface area (Å²) in [6, 6.07) is 0.473. The Bertz CT molecular complexity index is 290. The van der Waals surface area contributed by atoms with Crippen LogP contribution in [0.5, 0.6) is 0 Å². The molecule has 4 nitrogen and oxygen atoms in total. The van der Waals surface area contributed by atoms with E-state index in [1.165, 1.54) is 12.7 Å². The average molecular weight is 234 g/mol. The van der Waals surface area contributed by atoms with E-state index in [1.807, 2.05) is 7.05 Å². The number of nitrogens with one attached hydrogen (secondary N) is 1. The Hall–Kier alpha value is -0.130. The maximum absolute atomic E-state index is 11.1. The zero-order valence-corrected chi connectivity index (χ0v) is 10.7. The van der Waals surface area contributed by atoms with Crippen LogP contribution in [0.1, 0.15) is 13.3 Å². The number of sulfone groups is 1. The zero-order valence-electron chi connectivity index (χ0n) is 9.86. The predicted octanol–water partition coefficient (Wildman–Crippen LogP) is -0.0392. The average Bonchev–Trinajstić information content (AvgIpc) is 2.14. The number of piperidine rings is 1. The number of likely N-dealkylation sites (N-methyl/N-ethyl adjacent to an activating group) is 1. The summed E-state index contributed by atoms with van der Waals surface area (Å²) in [4.78, 5) is 2.16. The van der Waals surface area contributed by atoms with Gasteiger partial charge in [-0.15, -0.1) is 0 Å². The summed E-state index contributed by atoms with van der Waals surface area (Å²) in [6.45, 7) is 4.93. The lowest BCUT2D eigenvalue weighted by Gasteiger charge is -2.36. The van der Waals surface area contributed by atoms with E-state index in [0.29, 0.717) is 18.5 Å². The molecule has 0 radical (unpaired) electrons. The molecule has 2 atom stereocenters. The molecule has 1 saturated heterocycles. The van der Waals surface area contributed by atoms with Crippen LogP contribution in [0.15, 0.2) is 0 Å². The minimum absolute atomic E-state index is 0.257. The minimum atomic E-state index is -2.84. The molecule has 0 spiro atoms. The monoisotopic (exact) mass is 234 g/mol. The number of hydrogen-bond acceptors (Lipinski definition) is 4. The Labute approximate surface area is 93.0 Å². The van der Waals surface area contributed by atoms with Crippen molar-refractivity contribution in [3.05, 3.63) is 0 Å². The van der Waals surface area contributed by atoms with Crippen molar-refractivity contribution in [2.75, 3.05) is 38.7 Å². The van der Waals surface area contributed by atoms with E-state index >= 15 is 0 Å². The van der Waals surface area contributed by atoms with E-state index in [1.54, 1.807) is 0 Å². The topological polar surface area (TPSA) is 49.4 Å². The molecule has 5 heteroatoms. The first-order valence-electron chi connectivity index (χ1n) is 5.49. The molecule has 15 heavy (non-hydrogen) atoms. The van der Waals surface area contributed by atoms with E-state index < -0.39 is 9.84 Å². The van der Waals surface area contributed by atoms with Gasteiger partial charge < -0.3 is 10.2 Å². The van der Waals surface area contributed by atoms with Crippen molar-refractivity contribution in [3.63, 3.8) is 0 Å². The Balaban J connectivity index is 2.41. The maximum atomic E-state index is 11.1. The van der Waals surface area contributed by atoms with Gasteiger partial charge in [-0.3, -0.25) is 0 Å². The first-order valence-corrected chi connectivity index (χ1v) is 7.55. The Kier molecular flexibility index (Phi) is 4.55. The fourth-order valence-corrected chi connectivity index (χ4v) is 2.66. The van der Waals surface area contributed by atoms with Crippen molar-refractivity contribution in [2.45, 2.75) is 19.4 Å². The third kappa shape index (κ3) is 4.49. The highest BCUT2D eigenvalue weighted by Gasteiger charge is 2.24. The van der Waals surface area contributed by atoms with Crippen molar-refractivity contribution >= 4 is 9.84 Å². The third-order valence-corrected chi connectivity index (χ3v) is 4.09.